The average Bonchev–Trinajstić information content (AvgIpc) is 2.25. The molecule has 88 valence electrons. The molecule has 6 nitrogen and oxygen atoms in total. The lowest BCUT2D eigenvalue weighted by atomic mass is 9.99. The van der Waals surface area contributed by atoms with Crippen LogP contribution in [-0.4, -0.2) is 64.3 Å². The monoisotopic (exact) mass is 220 g/mol. The van der Waals surface area contributed by atoms with E-state index in [1.807, 2.05) is 0 Å². The first-order valence-electron chi connectivity index (χ1n) is 4.64. The Morgan fingerprint density at radius 2 is 1.87 bits per heavy atom. The minimum Gasteiger partial charge on any atom is -0.394 e. The van der Waals surface area contributed by atoms with Crippen molar-refractivity contribution in [2.24, 2.45) is 0 Å². The Hall–Kier alpha value is -0.500. The van der Waals surface area contributed by atoms with Crippen LogP contribution >= 0.6 is 0 Å². The Morgan fingerprint density at radius 3 is 2.40 bits per heavy atom. The molecule has 0 aliphatic carbocycles. The second-order valence-corrected chi connectivity index (χ2v) is 3.32. The van der Waals surface area contributed by atoms with E-state index in [-0.39, 0.29) is 6.61 Å². The van der Waals surface area contributed by atoms with Crippen LogP contribution in [0, 0.1) is 0 Å². The van der Waals surface area contributed by atoms with Crippen LogP contribution in [0.1, 0.15) is 0 Å². The molecule has 5 atom stereocenters. The summed E-state index contributed by atoms with van der Waals surface area (Å²) in [6, 6.07) is 0. The van der Waals surface area contributed by atoms with Gasteiger partial charge in [-0.1, -0.05) is 6.08 Å². The zero-order chi connectivity index (χ0) is 11.4. The van der Waals surface area contributed by atoms with Gasteiger partial charge in [0.05, 0.1) is 13.2 Å². The lowest BCUT2D eigenvalue weighted by Gasteiger charge is -2.39. The van der Waals surface area contributed by atoms with Crippen molar-refractivity contribution in [1.82, 2.24) is 0 Å². The second-order valence-electron chi connectivity index (χ2n) is 3.32. The molecule has 1 rings (SSSR count). The van der Waals surface area contributed by atoms with Gasteiger partial charge in [-0.15, -0.1) is 6.58 Å². The fraction of sp³-hybridized carbons (Fsp3) is 0.778. The standard InChI is InChI=1S/C9H16O6/c1-2-3-14-9-8(13)7(12)6(11)5(4-10)15-9/h2,5-13H,1,3-4H2/t5-,6-,7+,8+,9?/m1/s1. The average molecular weight is 220 g/mol. The van der Waals surface area contributed by atoms with Crippen LogP contribution in [0.2, 0.25) is 0 Å². The predicted octanol–water partition coefficient (Wildman–Crippen LogP) is -2.01. The van der Waals surface area contributed by atoms with Crippen LogP contribution in [0.25, 0.3) is 0 Å². The molecule has 1 fully saturated rings. The Labute approximate surface area is 87.4 Å². The zero-order valence-electron chi connectivity index (χ0n) is 8.19. The Balaban J connectivity index is 2.60. The van der Waals surface area contributed by atoms with Crippen molar-refractivity contribution in [3.05, 3.63) is 12.7 Å². The molecule has 1 aliphatic heterocycles. The quantitative estimate of drug-likeness (QED) is 0.408. The van der Waals surface area contributed by atoms with Gasteiger partial charge in [-0.3, -0.25) is 0 Å². The largest absolute Gasteiger partial charge is 0.394 e. The van der Waals surface area contributed by atoms with Crippen LogP contribution in [0.3, 0.4) is 0 Å². The Morgan fingerprint density at radius 1 is 1.20 bits per heavy atom. The fourth-order valence-corrected chi connectivity index (χ4v) is 1.37. The molecule has 1 saturated heterocycles. The van der Waals surface area contributed by atoms with Gasteiger partial charge < -0.3 is 29.9 Å². The summed E-state index contributed by atoms with van der Waals surface area (Å²) in [6.07, 6.45) is -4.64. The molecular weight excluding hydrogens is 204 g/mol. The van der Waals surface area contributed by atoms with E-state index in [0.717, 1.165) is 0 Å². The molecule has 0 aromatic carbocycles. The highest BCUT2D eigenvalue weighted by Gasteiger charge is 2.43. The van der Waals surface area contributed by atoms with Crippen LogP contribution in [0.4, 0.5) is 0 Å². The summed E-state index contributed by atoms with van der Waals surface area (Å²) in [7, 11) is 0. The molecule has 6 heteroatoms. The lowest BCUT2D eigenvalue weighted by Crippen LogP contribution is -2.59. The molecule has 0 saturated carbocycles. The summed E-state index contributed by atoms with van der Waals surface area (Å²) < 4.78 is 10.1. The van der Waals surface area contributed by atoms with Crippen molar-refractivity contribution in [3.8, 4) is 0 Å². The third-order valence-electron chi connectivity index (χ3n) is 2.23. The maximum Gasteiger partial charge on any atom is 0.187 e. The molecule has 0 aromatic heterocycles. The molecular formula is C9H16O6. The third kappa shape index (κ3) is 2.75. The van der Waals surface area contributed by atoms with Crippen LogP contribution in [0.15, 0.2) is 12.7 Å². The van der Waals surface area contributed by atoms with E-state index in [9.17, 15) is 15.3 Å². The number of aliphatic hydroxyl groups excluding tert-OH is 4. The summed E-state index contributed by atoms with van der Waals surface area (Å²) >= 11 is 0. The zero-order valence-corrected chi connectivity index (χ0v) is 8.19. The Bertz CT molecular complexity index is 207. The van der Waals surface area contributed by atoms with Crippen LogP contribution in [0.5, 0.6) is 0 Å². The number of hydrogen-bond acceptors (Lipinski definition) is 6. The summed E-state index contributed by atoms with van der Waals surface area (Å²) in [5, 5.41) is 37.1. The van der Waals surface area contributed by atoms with Gasteiger partial charge in [-0.25, -0.2) is 0 Å². The molecule has 0 bridgehead atoms. The lowest BCUT2D eigenvalue weighted by molar-refractivity contribution is -0.298. The molecule has 0 aromatic rings. The number of hydrogen-bond donors (Lipinski definition) is 4. The highest BCUT2D eigenvalue weighted by atomic mass is 16.7. The normalized spacial score (nSPS) is 41.5. The minimum atomic E-state index is -1.40. The summed E-state index contributed by atoms with van der Waals surface area (Å²) in [4.78, 5) is 0. The third-order valence-corrected chi connectivity index (χ3v) is 2.23. The van der Waals surface area contributed by atoms with Gasteiger partial charge in [0, 0.05) is 0 Å². The molecule has 15 heavy (non-hydrogen) atoms. The van der Waals surface area contributed by atoms with E-state index in [4.69, 9.17) is 14.6 Å². The maximum absolute atomic E-state index is 9.47. The van der Waals surface area contributed by atoms with Gasteiger partial charge in [-0.05, 0) is 0 Å². The van der Waals surface area contributed by atoms with Crippen molar-refractivity contribution in [2.45, 2.75) is 30.7 Å². The van der Waals surface area contributed by atoms with E-state index < -0.39 is 37.3 Å². The Kier molecular flexibility index (Phi) is 4.65. The highest BCUT2D eigenvalue weighted by molar-refractivity contribution is 4.89. The summed E-state index contributed by atoms with van der Waals surface area (Å²) in [6.45, 7) is 3.10. The summed E-state index contributed by atoms with van der Waals surface area (Å²) in [5.74, 6) is 0. The van der Waals surface area contributed by atoms with E-state index in [2.05, 4.69) is 6.58 Å². The van der Waals surface area contributed by atoms with E-state index in [1.54, 1.807) is 0 Å². The second kappa shape index (κ2) is 5.55. The van der Waals surface area contributed by atoms with E-state index in [0.29, 0.717) is 0 Å². The SMILES string of the molecule is C=CCOC1O[C@H](CO)[C@@H](O)[C@H](O)[C@@H]1O. The van der Waals surface area contributed by atoms with Crippen molar-refractivity contribution >= 4 is 0 Å². The molecule has 1 unspecified atom stereocenters. The van der Waals surface area contributed by atoms with Crippen molar-refractivity contribution in [1.29, 1.82) is 0 Å². The van der Waals surface area contributed by atoms with Gasteiger partial charge >= 0.3 is 0 Å². The molecule has 1 heterocycles. The van der Waals surface area contributed by atoms with E-state index >= 15 is 0 Å². The number of ether oxygens (including phenoxy) is 2. The first-order chi connectivity index (χ1) is 7.11. The highest BCUT2D eigenvalue weighted by Crippen LogP contribution is 2.21. The van der Waals surface area contributed by atoms with Crippen LogP contribution in [-0.2, 0) is 9.47 Å². The van der Waals surface area contributed by atoms with Gasteiger partial charge in [0.2, 0.25) is 0 Å². The number of aliphatic hydroxyl groups is 4. The molecule has 0 radical (unpaired) electrons. The molecule has 4 N–H and O–H groups in total. The van der Waals surface area contributed by atoms with E-state index in [1.165, 1.54) is 6.08 Å². The number of rotatable bonds is 4. The van der Waals surface area contributed by atoms with Crippen molar-refractivity contribution in [3.63, 3.8) is 0 Å². The minimum absolute atomic E-state index is 0.142. The molecule has 1 aliphatic rings. The van der Waals surface area contributed by atoms with Crippen LogP contribution < -0.4 is 0 Å². The summed E-state index contributed by atoms with van der Waals surface area (Å²) in [5.41, 5.74) is 0. The van der Waals surface area contributed by atoms with Crippen molar-refractivity contribution in [2.75, 3.05) is 13.2 Å². The molecule has 0 amide bonds. The smallest absolute Gasteiger partial charge is 0.187 e. The molecule has 0 spiro atoms. The predicted molar refractivity (Wildman–Crippen MR) is 49.9 cm³/mol. The van der Waals surface area contributed by atoms with Crippen molar-refractivity contribution < 1.29 is 29.9 Å². The maximum atomic E-state index is 9.47. The van der Waals surface area contributed by atoms with Gasteiger partial charge in [0.25, 0.3) is 0 Å². The fourth-order valence-electron chi connectivity index (χ4n) is 1.37. The first kappa shape index (κ1) is 12.6. The topological polar surface area (TPSA) is 99.4 Å². The van der Waals surface area contributed by atoms with Gasteiger partial charge in [0.15, 0.2) is 6.29 Å². The van der Waals surface area contributed by atoms with Gasteiger partial charge in [0.1, 0.15) is 24.4 Å². The first-order valence-corrected chi connectivity index (χ1v) is 4.64. The van der Waals surface area contributed by atoms with Gasteiger partial charge in [-0.2, -0.15) is 0 Å².